The molecule has 26 heavy (non-hydrogen) atoms. The van der Waals surface area contributed by atoms with Crippen molar-refractivity contribution in [3.8, 4) is 0 Å². The molecular weight excluding hydrogens is 344 g/mol. The average Bonchev–Trinajstić information content (AvgIpc) is 2.80. The third kappa shape index (κ3) is 4.53. The van der Waals surface area contributed by atoms with Gasteiger partial charge in [0.1, 0.15) is 11.6 Å². The normalized spacial score (nSPS) is 12.2. The van der Waals surface area contributed by atoms with E-state index in [4.69, 9.17) is 4.74 Å². The summed E-state index contributed by atoms with van der Waals surface area (Å²) in [5.41, 5.74) is 2.22. The number of rotatable bonds is 5. The molecule has 0 unspecified atom stereocenters. The molecule has 138 valence electrons. The zero-order valence-electron chi connectivity index (χ0n) is 14.8. The van der Waals surface area contributed by atoms with Crippen LogP contribution in [0, 0.1) is 25.5 Å². The minimum atomic E-state index is -1.16. The van der Waals surface area contributed by atoms with E-state index in [-0.39, 0.29) is 5.69 Å². The van der Waals surface area contributed by atoms with Gasteiger partial charge in [0.25, 0.3) is 5.91 Å². The molecule has 0 radical (unpaired) electrons. The lowest BCUT2D eigenvalue weighted by Crippen LogP contribution is -2.29. The lowest BCUT2D eigenvalue weighted by molar-refractivity contribution is -0.148. The number of hydrogen-bond acceptors (Lipinski definition) is 4. The van der Waals surface area contributed by atoms with E-state index in [1.165, 1.54) is 13.0 Å². The number of halogens is 2. The SMILES string of the molecule is Cc1nn(C)c(C)c1/C=C/C(=O)O[C@H](C)C(=O)Nc1ccc(F)cc1F. The second-order valence-electron chi connectivity index (χ2n) is 5.73. The second-order valence-corrected chi connectivity index (χ2v) is 5.73. The largest absolute Gasteiger partial charge is 0.449 e. The molecule has 1 atom stereocenters. The maximum Gasteiger partial charge on any atom is 0.331 e. The number of aryl methyl sites for hydroxylation is 2. The summed E-state index contributed by atoms with van der Waals surface area (Å²) in [5, 5.41) is 6.47. The summed E-state index contributed by atoms with van der Waals surface area (Å²) >= 11 is 0. The molecule has 0 spiro atoms. The molecule has 8 heteroatoms. The fourth-order valence-corrected chi connectivity index (χ4v) is 2.27. The lowest BCUT2D eigenvalue weighted by atomic mass is 10.2. The molecule has 0 bridgehead atoms. The summed E-state index contributed by atoms with van der Waals surface area (Å²) in [4.78, 5) is 23.9. The number of aromatic nitrogens is 2. The number of amides is 1. The smallest absolute Gasteiger partial charge is 0.331 e. The topological polar surface area (TPSA) is 73.2 Å². The molecular formula is C18H19F2N3O3. The second kappa shape index (κ2) is 7.90. The summed E-state index contributed by atoms with van der Waals surface area (Å²) in [6, 6.07) is 2.75. The summed E-state index contributed by atoms with van der Waals surface area (Å²) < 4.78 is 33.1. The Morgan fingerprint density at radius 2 is 2.00 bits per heavy atom. The first-order valence-electron chi connectivity index (χ1n) is 7.84. The van der Waals surface area contributed by atoms with Gasteiger partial charge in [0.2, 0.25) is 0 Å². The Kier molecular flexibility index (Phi) is 5.86. The molecule has 0 aliphatic heterocycles. The Hall–Kier alpha value is -3.03. The number of anilines is 1. The van der Waals surface area contributed by atoms with Crippen molar-refractivity contribution in [1.82, 2.24) is 9.78 Å². The van der Waals surface area contributed by atoms with Gasteiger partial charge in [-0.25, -0.2) is 13.6 Å². The van der Waals surface area contributed by atoms with Crippen molar-refractivity contribution >= 4 is 23.6 Å². The molecule has 0 aliphatic rings. The zero-order valence-corrected chi connectivity index (χ0v) is 14.8. The van der Waals surface area contributed by atoms with Crippen LogP contribution in [0.25, 0.3) is 6.08 Å². The van der Waals surface area contributed by atoms with E-state index in [1.807, 2.05) is 13.8 Å². The van der Waals surface area contributed by atoms with Crippen LogP contribution in [0.1, 0.15) is 23.9 Å². The summed E-state index contributed by atoms with van der Waals surface area (Å²) in [7, 11) is 1.79. The zero-order chi connectivity index (χ0) is 19.4. The van der Waals surface area contributed by atoms with E-state index in [1.54, 1.807) is 17.8 Å². The van der Waals surface area contributed by atoms with Crippen LogP contribution >= 0.6 is 0 Å². The fourth-order valence-electron chi connectivity index (χ4n) is 2.27. The Morgan fingerprint density at radius 3 is 2.58 bits per heavy atom. The molecule has 2 rings (SSSR count). The van der Waals surface area contributed by atoms with Gasteiger partial charge in [0.15, 0.2) is 6.10 Å². The molecule has 1 aromatic heterocycles. The number of esters is 1. The van der Waals surface area contributed by atoms with Crippen LogP contribution in [-0.4, -0.2) is 27.8 Å². The molecule has 0 saturated heterocycles. The van der Waals surface area contributed by atoms with E-state index in [0.717, 1.165) is 29.1 Å². The maximum atomic E-state index is 13.5. The minimum Gasteiger partial charge on any atom is -0.449 e. The van der Waals surface area contributed by atoms with Crippen molar-refractivity contribution in [2.75, 3.05) is 5.32 Å². The summed E-state index contributed by atoms with van der Waals surface area (Å²) in [5.74, 6) is -3.13. The third-order valence-corrected chi connectivity index (χ3v) is 3.80. The van der Waals surface area contributed by atoms with Gasteiger partial charge in [-0.15, -0.1) is 0 Å². The first-order valence-corrected chi connectivity index (χ1v) is 7.84. The van der Waals surface area contributed by atoms with Gasteiger partial charge in [-0.1, -0.05) is 0 Å². The molecule has 2 aromatic rings. The molecule has 0 fully saturated rings. The van der Waals surface area contributed by atoms with Gasteiger partial charge in [0, 0.05) is 30.4 Å². The van der Waals surface area contributed by atoms with Gasteiger partial charge >= 0.3 is 5.97 Å². The Bertz CT molecular complexity index is 875. The number of carbonyl (C=O) groups is 2. The fraction of sp³-hybridized carbons (Fsp3) is 0.278. The van der Waals surface area contributed by atoms with Crippen LogP contribution in [0.5, 0.6) is 0 Å². The number of nitrogens with zero attached hydrogens (tertiary/aromatic N) is 2. The highest BCUT2D eigenvalue weighted by molar-refractivity contribution is 5.96. The highest BCUT2D eigenvalue weighted by Crippen LogP contribution is 2.16. The number of ether oxygens (including phenoxy) is 1. The van der Waals surface area contributed by atoms with Crippen molar-refractivity contribution in [2.24, 2.45) is 7.05 Å². The van der Waals surface area contributed by atoms with Gasteiger partial charge in [-0.3, -0.25) is 9.48 Å². The number of hydrogen-bond donors (Lipinski definition) is 1. The molecule has 1 N–H and O–H groups in total. The van der Waals surface area contributed by atoms with E-state index in [0.29, 0.717) is 6.07 Å². The number of nitrogens with one attached hydrogen (secondary N) is 1. The van der Waals surface area contributed by atoms with Gasteiger partial charge in [-0.05, 0) is 39.0 Å². The Labute approximate surface area is 149 Å². The molecule has 0 saturated carbocycles. The van der Waals surface area contributed by atoms with Crippen molar-refractivity contribution in [1.29, 1.82) is 0 Å². The van der Waals surface area contributed by atoms with Gasteiger partial charge in [0.05, 0.1) is 11.4 Å². The minimum absolute atomic E-state index is 0.198. The predicted molar refractivity (Wildman–Crippen MR) is 92.3 cm³/mol. The van der Waals surface area contributed by atoms with E-state index >= 15 is 0 Å². The Morgan fingerprint density at radius 1 is 1.31 bits per heavy atom. The van der Waals surface area contributed by atoms with Crippen molar-refractivity contribution in [3.05, 3.63) is 52.9 Å². The van der Waals surface area contributed by atoms with E-state index in [9.17, 15) is 18.4 Å². The van der Waals surface area contributed by atoms with Crippen molar-refractivity contribution < 1.29 is 23.1 Å². The van der Waals surface area contributed by atoms with Gasteiger partial charge in [-0.2, -0.15) is 5.10 Å². The standard InChI is InChI=1S/C18H19F2N3O3/c1-10-14(11(2)23(4)22-10)6-8-17(24)26-12(3)18(25)21-16-7-5-13(19)9-15(16)20/h5-9,12H,1-4H3,(H,21,25)/b8-6+/t12-/m1/s1. The van der Waals surface area contributed by atoms with E-state index < -0.39 is 29.6 Å². The maximum absolute atomic E-state index is 13.5. The monoisotopic (exact) mass is 363 g/mol. The van der Waals surface area contributed by atoms with Crippen LogP contribution in [0.4, 0.5) is 14.5 Å². The van der Waals surface area contributed by atoms with E-state index in [2.05, 4.69) is 10.4 Å². The Balaban J connectivity index is 1.97. The van der Waals surface area contributed by atoms with Gasteiger partial charge < -0.3 is 10.1 Å². The first kappa shape index (κ1) is 19.3. The first-order chi connectivity index (χ1) is 12.2. The molecule has 1 aromatic carbocycles. The van der Waals surface area contributed by atoms with Crippen LogP contribution in [0.2, 0.25) is 0 Å². The number of carbonyl (C=O) groups excluding carboxylic acids is 2. The average molecular weight is 363 g/mol. The van der Waals surface area contributed by atoms with Crippen molar-refractivity contribution in [2.45, 2.75) is 26.9 Å². The van der Waals surface area contributed by atoms with Crippen molar-refractivity contribution in [3.63, 3.8) is 0 Å². The number of benzene rings is 1. The molecule has 1 amide bonds. The van der Waals surface area contributed by atoms with Crippen LogP contribution in [-0.2, 0) is 21.4 Å². The third-order valence-electron chi connectivity index (χ3n) is 3.80. The highest BCUT2D eigenvalue weighted by atomic mass is 19.1. The quantitative estimate of drug-likeness (QED) is 0.655. The predicted octanol–water partition coefficient (Wildman–Crippen LogP) is 2.90. The summed E-state index contributed by atoms with van der Waals surface area (Å²) in [6.45, 7) is 5.02. The molecule has 6 nitrogen and oxygen atoms in total. The summed E-state index contributed by atoms with van der Waals surface area (Å²) in [6.07, 6.45) is 1.59. The van der Waals surface area contributed by atoms with Crippen LogP contribution in [0.15, 0.2) is 24.3 Å². The van der Waals surface area contributed by atoms with Crippen LogP contribution < -0.4 is 5.32 Å². The molecule has 1 heterocycles. The lowest BCUT2D eigenvalue weighted by Gasteiger charge is -2.12. The van der Waals surface area contributed by atoms with Crippen LogP contribution in [0.3, 0.4) is 0 Å². The highest BCUT2D eigenvalue weighted by Gasteiger charge is 2.18. The molecule has 0 aliphatic carbocycles.